The number of hydrogen-bond donors (Lipinski definition) is 0. The molecule has 4 rings (SSSR count). The number of methoxy groups -OCH3 is 1. The standard InChI is InChI=1S/C20H19F2N3O2/c1-26-18-5-3-2-4-15(18)20-24-23-19(27-20)14-8-9-25(12-14)11-13-6-7-16(21)17(22)10-13/h2-7,10,14H,8-9,11-12H2,1H3. The number of nitrogens with zero attached hydrogens (tertiary/aromatic N) is 3. The van der Waals surface area contributed by atoms with Crippen LogP contribution in [0.5, 0.6) is 5.75 Å². The van der Waals surface area contributed by atoms with E-state index in [1.54, 1.807) is 13.2 Å². The minimum absolute atomic E-state index is 0.117. The van der Waals surface area contributed by atoms with Crippen LogP contribution in [0.15, 0.2) is 46.9 Å². The summed E-state index contributed by atoms with van der Waals surface area (Å²) in [4.78, 5) is 2.17. The zero-order chi connectivity index (χ0) is 18.8. The molecule has 0 N–H and O–H groups in total. The monoisotopic (exact) mass is 371 g/mol. The third-order valence-corrected chi connectivity index (χ3v) is 4.79. The van der Waals surface area contributed by atoms with Gasteiger partial charge in [-0.15, -0.1) is 10.2 Å². The van der Waals surface area contributed by atoms with E-state index in [0.29, 0.717) is 24.1 Å². The SMILES string of the molecule is COc1ccccc1-c1nnc(C2CCN(Cc3ccc(F)c(F)c3)C2)o1. The summed E-state index contributed by atoms with van der Waals surface area (Å²) in [6, 6.07) is 11.5. The molecule has 1 fully saturated rings. The molecule has 27 heavy (non-hydrogen) atoms. The molecule has 1 saturated heterocycles. The number of hydrogen-bond acceptors (Lipinski definition) is 5. The summed E-state index contributed by atoms with van der Waals surface area (Å²) in [6.45, 7) is 2.11. The van der Waals surface area contributed by atoms with Crippen LogP contribution in [-0.4, -0.2) is 35.3 Å². The van der Waals surface area contributed by atoms with Gasteiger partial charge in [0.05, 0.1) is 18.6 Å². The molecular formula is C20H19F2N3O2. The fraction of sp³-hybridized carbons (Fsp3) is 0.300. The lowest BCUT2D eigenvalue weighted by molar-refractivity contribution is 0.319. The average Bonchev–Trinajstić information content (AvgIpc) is 3.34. The van der Waals surface area contributed by atoms with Gasteiger partial charge in [0.1, 0.15) is 5.75 Å². The Morgan fingerprint density at radius 3 is 2.81 bits per heavy atom. The van der Waals surface area contributed by atoms with Crippen LogP contribution >= 0.6 is 0 Å². The first-order valence-corrected chi connectivity index (χ1v) is 8.77. The van der Waals surface area contributed by atoms with Gasteiger partial charge in [-0.05, 0) is 42.8 Å². The Hall–Kier alpha value is -2.80. The number of rotatable bonds is 5. The van der Waals surface area contributed by atoms with E-state index < -0.39 is 11.6 Å². The van der Waals surface area contributed by atoms with E-state index in [0.717, 1.165) is 36.7 Å². The Labute approximate surface area is 155 Å². The minimum Gasteiger partial charge on any atom is -0.496 e. The highest BCUT2D eigenvalue weighted by atomic mass is 19.2. The molecule has 1 aliphatic rings. The van der Waals surface area contributed by atoms with Crippen molar-refractivity contribution in [2.45, 2.75) is 18.9 Å². The van der Waals surface area contributed by atoms with E-state index in [-0.39, 0.29) is 5.92 Å². The number of halogens is 2. The van der Waals surface area contributed by atoms with Crippen molar-refractivity contribution in [3.8, 4) is 17.2 Å². The van der Waals surface area contributed by atoms with Crippen LogP contribution in [0.3, 0.4) is 0 Å². The highest BCUT2D eigenvalue weighted by molar-refractivity contribution is 5.62. The Balaban J connectivity index is 1.45. The summed E-state index contributed by atoms with van der Waals surface area (Å²) < 4.78 is 37.7. The number of para-hydroxylation sites is 1. The molecule has 2 heterocycles. The van der Waals surface area contributed by atoms with Crippen molar-refractivity contribution in [1.82, 2.24) is 15.1 Å². The largest absolute Gasteiger partial charge is 0.496 e. The minimum atomic E-state index is -0.826. The Bertz CT molecular complexity index is 944. The van der Waals surface area contributed by atoms with E-state index in [4.69, 9.17) is 9.15 Å². The molecule has 2 aromatic carbocycles. The Morgan fingerprint density at radius 1 is 1.15 bits per heavy atom. The van der Waals surface area contributed by atoms with Gasteiger partial charge in [-0.3, -0.25) is 4.90 Å². The van der Waals surface area contributed by atoms with Gasteiger partial charge in [-0.25, -0.2) is 8.78 Å². The maximum absolute atomic E-state index is 13.4. The second-order valence-corrected chi connectivity index (χ2v) is 6.61. The van der Waals surface area contributed by atoms with E-state index in [1.165, 1.54) is 6.07 Å². The second-order valence-electron chi connectivity index (χ2n) is 6.61. The highest BCUT2D eigenvalue weighted by Crippen LogP contribution is 2.32. The number of likely N-dealkylation sites (tertiary alicyclic amines) is 1. The van der Waals surface area contributed by atoms with Crippen LogP contribution < -0.4 is 4.74 Å². The molecule has 7 heteroatoms. The van der Waals surface area contributed by atoms with Crippen molar-refractivity contribution < 1.29 is 17.9 Å². The van der Waals surface area contributed by atoms with E-state index >= 15 is 0 Å². The molecule has 0 amide bonds. The number of benzene rings is 2. The van der Waals surface area contributed by atoms with Gasteiger partial charge in [0, 0.05) is 13.1 Å². The molecular weight excluding hydrogens is 352 g/mol. The molecule has 3 aromatic rings. The second kappa shape index (κ2) is 7.44. The van der Waals surface area contributed by atoms with Crippen molar-refractivity contribution >= 4 is 0 Å². The van der Waals surface area contributed by atoms with Crippen molar-refractivity contribution in [3.05, 3.63) is 65.6 Å². The van der Waals surface area contributed by atoms with Crippen LogP contribution in [0.25, 0.3) is 11.5 Å². The Morgan fingerprint density at radius 2 is 2.00 bits per heavy atom. The summed E-state index contributed by atoms with van der Waals surface area (Å²) in [5, 5.41) is 8.37. The van der Waals surface area contributed by atoms with Crippen molar-refractivity contribution in [2.24, 2.45) is 0 Å². The zero-order valence-electron chi connectivity index (χ0n) is 14.9. The van der Waals surface area contributed by atoms with E-state index in [1.807, 2.05) is 24.3 Å². The topological polar surface area (TPSA) is 51.4 Å². The smallest absolute Gasteiger partial charge is 0.251 e. The first-order valence-electron chi connectivity index (χ1n) is 8.77. The third kappa shape index (κ3) is 3.68. The van der Waals surface area contributed by atoms with Gasteiger partial charge in [0.2, 0.25) is 5.89 Å². The van der Waals surface area contributed by atoms with Crippen LogP contribution in [-0.2, 0) is 6.54 Å². The number of aromatic nitrogens is 2. The summed E-state index contributed by atoms with van der Waals surface area (Å²) in [7, 11) is 1.60. The quantitative estimate of drug-likeness (QED) is 0.678. The zero-order valence-corrected chi connectivity index (χ0v) is 14.9. The summed E-state index contributed by atoms with van der Waals surface area (Å²) in [5.41, 5.74) is 1.50. The molecule has 0 aliphatic carbocycles. The van der Waals surface area contributed by atoms with Crippen molar-refractivity contribution in [3.63, 3.8) is 0 Å². The summed E-state index contributed by atoms with van der Waals surface area (Å²) in [5.74, 6) is 0.171. The molecule has 5 nitrogen and oxygen atoms in total. The van der Waals surface area contributed by atoms with E-state index in [2.05, 4.69) is 15.1 Å². The van der Waals surface area contributed by atoms with Gasteiger partial charge < -0.3 is 9.15 Å². The lowest BCUT2D eigenvalue weighted by Crippen LogP contribution is -2.20. The first-order chi connectivity index (χ1) is 13.1. The first kappa shape index (κ1) is 17.6. The summed E-state index contributed by atoms with van der Waals surface area (Å²) in [6.07, 6.45) is 0.872. The maximum atomic E-state index is 13.4. The van der Waals surface area contributed by atoms with Crippen LogP contribution in [0.2, 0.25) is 0 Å². The van der Waals surface area contributed by atoms with E-state index in [9.17, 15) is 8.78 Å². The molecule has 140 valence electrons. The highest BCUT2D eigenvalue weighted by Gasteiger charge is 2.28. The van der Waals surface area contributed by atoms with Gasteiger partial charge in [-0.2, -0.15) is 0 Å². The normalized spacial score (nSPS) is 17.4. The molecule has 0 saturated carbocycles. The maximum Gasteiger partial charge on any atom is 0.251 e. The molecule has 0 spiro atoms. The molecule has 1 atom stereocenters. The molecule has 1 aromatic heterocycles. The lowest BCUT2D eigenvalue weighted by Gasteiger charge is -2.15. The number of ether oxygens (including phenoxy) is 1. The van der Waals surface area contributed by atoms with Gasteiger partial charge >= 0.3 is 0 Å². The Kier molecular flexibility index (Phi) is 4.85. The fourth-order valence-corrected chi connectivity index (χ4v) is 3.40. The van der Waals surface area contributed by atoms with Gasteiger partial charge in [0.15, 0.2) is 11.6 Å². The molecule has 1 unspecified atom stereocenters. The van der Waals surface area contributed by atoms with Crippen molar-refractivity contribution in [1.29, 1.82) is 0 Å². The van der Waals surface area contributed by atoms with Gasteiger partial charge in [-0.1, -0.05) is 18.2 Å². The predicted octanol–water partition coefficient (Wildman–Crippen LogP) is 4.01. The third-order valence-electron chi connectivity index (χ3n) is 4.79. The molecule has 1 aliphatic heterocycles. The van der Waals surface area contributed by atoms with Crippen LogP contribution in [0, 0.1) is 11.6 Å². The molecule has 0 radical (unpaired) electrons. The van der Waals surface area contributed by atoms with Crippen LogP contribution in [0.4, 0.5) is 8.78 Å². The average molecular weight is 371 g/mol. The fourth-order valence-electron chi connectivity index (χ4n) is 3.40. The summed E-state index contributed by atoms with van der Waals surface area (Å²) >= 11 is 0. The van der Waals surface area contributed by atoms with Crippen LogP contribution in [0.1, 0.15) is 23.8 Å². The van der Waals surface area contributed by atoms with Crippen molar-refractivity contribution in [2.75, 3.05) is 20.2 Å². The van der Waals surface area contributed by atoms with Gasteiger partial charge in [0.25, 0.3) is 5.89 Å². The lowest BCUT2D eigenvalue weighted by atomic mass is 10.1. The molecule has 0 bridgehead atoms. The predicted molar refractivity (Wildman–Crippen MR) is 95.3 cm³/mol.